The van der Waals surface area contributed by atoms with Crippen molar-refractivity contribution >= 4 is 11.8 Å². The number of amides is 2. The third-order valence-electron chi connectivity index (χ3n) is 6.54. The van der Waals surface area contributed by atoms with E-state index in [-0.39, 0.29) is 17.7 Å². The van der Waals surface area contributed by atoms with Gasteiger partial charge in [-0.15, -0.1) is 0 Å². The molecule has 0 saturated carbocycles. The molecule has 2 unspecified atom stereocenters. The van der Waals surface area contributed by atoms with Crippen molar-refractivity contribution < 1.29 is 19.1 Å². The zero-order valence-electron chi connectivity index (χ0n) is 18.7. The molecule has 0 radical (unpaired) electrons. The van der Waals surface area contributed by atoms with Gasteiger partial charge in [0.15, 0.2) is 11.5 Å². The van der Waals surface area contributed by atoms with Crippen molar-refractivity contribution in [1.29, 1.82) is 0 Å². The molecule has 0 aliphatic carbocycles. The van der Waals surface area contributed by atoms with Crippen molar-refractivity contribution in [3.05, 3.63) is 23.8 Å². The van der Waals surface area contributed by atoms with Gasteiger partial charge in [-0.1, -0.05) is 25.8 Å². The average Bonchev–Trinajstić information content (AvgIpc) is 2.97. The number of rotatable bonds is 8. The normalized spacial score (nSPS) is 22.2. The number of methoxy groups -OCH3 is 2. The van der Waals surface area contributed by atoms with E-state index in [2.05, 4.69) is 6.92 Å². The summed E-state index contributed by atoms with van der Waals surface area (Å²) >= 11 is 0. The third kappa shape index (κ3) is 5.46. The summed E-state index contributed by atoms with van der Waals surface area (Å²) in [7, 11) is 3.24. The van der Waals surface area contributed by atoms with Crippen LogP contribution in [0.5, 0.6) is 11.5 Å². The number of hydrogen-bond acceptors (Lipinski definition) is 4. The van der Waals surface area contributed by atoms with Crippen molar-refractivity contribution in [3.63, 3.8) is 0 Å². The molecular formula is C24H36N2O4. The van der Waals surface area contributed by atoms with Gasteiger partial charge in [0.05, 0.1) is 20.1 Å². The van der Waals surface area contributed by atoms with Gasteiger partial charge in [-0.05, 0) is 49.3 Å². The van der Waals surface area contributed by atoms with Gasteiger partial charge in [-0.2, -0.15) is 0 Å². The molecule has 1 aromatic rings. The fraction of sp³-hybridized carbons (Fsp3) is 0.667. The Labute approximate surface area is 180 Å². The van der Waals surface area contributed by atoms with Crippen molar-refractivity contribution in [1.82, 2.24) is 9.80 Å². The molecule has 0 N–H and O–H groups in total. The minimum Gasteiger partial charge on any atom is -0.493 e. The fourth-order valence-electron chi connectivity index (χ4n) is 4.79. The van der Waals surface area contributed by atoms with E-state index >= 15 is 0 Å². The van der Waals surface area contributed by atoms with E-state index in [0.717, 1.165) is 43.8 Å². The SMILES string of the molecule is CCCC1CCCN(C(=O)C2CC(=O)N(CCc3ccc(OC)c(OC)c3)C2)CC1. The molecule has 2 aliphatic rings. The molecule has 2 amide bonds. The van der Waals surface area contributed by atoms with Crippen LogP contribution >= 0.6 is 0 Å². The standard InChI is InChI=1S/C24H36N2O4/c1-4-6-18-7-5-12-25(13-10-18)24(28)20-16-23(27)26(17-20)14-11-19-8-9-21(29-2)22(15-19)30-3/h8-9,15,18,20H,4-7,10-14,16-17H2,1-3H3. The van der Waals surface area contributed by atoms with E-state index in [1.54, 1.807) is 14.2 Å². The van der Waals surface area contributed by atoms with Gasteiger partial charge in [0.25, 0.3) is 0 Å². The Morgan fingerprint density at radius 1 is 1.13 bits per heavy atom. The van der Waals surface area contributed by atoms with E-state index < -0.39 is 0 Å². The van der Waals surface area contributed by atoms with Gasteiger partial charge in [0.1, 0.15) is 0 Å². The lowest BCUT2D eigenvalue weighted by atomic mass is 9.96. The maximum absolute atomic E-state index is 13.1. The summed E-state index contributed by atoms with van der Waals surface area (Å²) in [6.07, 6.45) is 6.95. The van der Waals surface area contributed by atoms with E-state index in [4.69, 9.17) is 9.47 Å². The summed E-state index contributed by atoms with van der Waals surface area (Å²) in [5.41, 5.74) is 1.09. The largest absolute Gasteiger partial charge is 0.493 e. The Hall–Kier alpha value is -2.24. The smallest absolute Gasteiger partial charge is 0.227 e. The predicted molar refractivity (Wildman–Crippen MR) is 117 cm³/mol. The summed E-state index contributed by atoms with van der Waals surface area (Å²) in [6.45, 7) is 5.08. The van der Waals surface area contributed by atoms with Crippen LogP contribution in [0.3, 0.4) is 0 Å². The molecule has 2 fully saturated rings. The quantitative estimate of drug-likeness (QED) is 0.651. The number of ether oxygens (including phenoxy) is 2. The minimum atomic E-state index is -0.189. The van der Waals surface area contributed by atoms with Crippen LogP contribution in [0.4, 0.5) is 0 Å². The minimum absolute atomic E-state index is 0.0903. The Balaban J connectivity index is 1.53. The topological polar surface area (TPSA) is 59.1 Å². The number of nitrogens with zero attached hydrogens (tertiary/aromatic N) is 2. The summed E-state index contributed by atoms with van der Waals surface area (Å²) in [4.78, 5) is 29.4. The van der Waals surface area contributed by atoms with Crippen LogP contribution in [0.25, 0.3) is 0 Å². The predicted octanol–water partition coefficient (Wildman–Crippen LogP) is 3.52. The maximum atomic E-state index is 13.1. The van der Waals surface area contributed by atoms with Crippen molar-refractivity contribution in [2.75, 3.05) is 40.4 Å². The van der Waals surface area contributed by atoms with Crippen LogP contribution in [0.1, 0.15) is 51.0 Å². The molecule has 1 aromatic carbocycles. The molecule has 3 rings (SSSR count). The lowest BCUT2D eigenvalue weighted by Gasteiger charge is -2.24. The Bertz CT molecular complexity index is 736. The highest BCUT2D eigenvalue weighted by Gasteiger charge is 2.36. The molecule has 0 bridgehead atoms. The lowest BCUT2D eigenvalue weighted by molar-refractivity contribution is -0.135. The maximum Gasteiger partial charge on any atom is 0.227 e. The van der Waals surface area contributed by atoms with Crippen LogP contribution < -0.4 is 9.47 Å². The Kier molecular flexibility index (Phi) is 8.00. The number of likely N-dealkylation sites (tertiary alicyclic amines) is 2. The lowest BCUT2D eigenvalue weighted by Crippen LogP contribution is -2.38. The summed E-state index contributed by atoms with van der Waals surface area (Å²) in [5.74, 6) is 2.21. The van der Waals surface area contributed by atoms with Gasteiger partial charge < -0.3 is 19.3 Å². The first kappa shape index (κ1) is 22.4. The van der Waals surface area contributed by atoms with Crippen molar-refractivity contribution in [3.8, 4) is 11.5 Å². The zero-order chi connectivity index (χ0) is 21.5. The molecule has 166 valence electrons. The highest BCUT2D eigenvalue weighted by Crippen LogP contribution is 2.29. The van der Waals surface area contributed by atoms with Gasteiger partial charge in [0.2, 0.25) is 11.8 Å². The molecule has 6 heteroatoms. The van der Waals surface area contributed by atoms with Crippen LogP contribution in [-0.2, 0) is 16.0 Å². The number of hydrogen-bond donors (Lipinski definition) is 0. The molecule has 30 heavy (non-hydrogen) atoms. The summed E-state index contributed by atoms with van der Waals surface area (Å²) in [6, 6.07) is 5.83. The highest BCUT2D eigenvalue weighted by molar-refractivity contribution is 5.89. The molecule has 0 aromatic heterocycles. The van der Waals surface area contributed by atoms with Gasteiger partial charge in [-0.25, -0.2) is 0 Å². The van der Waals surface area contributed by atoms with Crippen LogP contribution in [0.2, 0.25) is 0 Å². The number of carbonyl (C=O) groups is 2. The molecule has 2 aliphatic heterocycles. The second-order valence-corrected chi connectivity index (χ2v) is 8.59. The Morgan fingerprint density at radius 2 is 1.93 bits per heavy atom. The van der Waals surface area contributed by atoms with E-state index in [9.17, 15) is 9.59 Å². The zero-order valence-corrected chi connectivity index (χ0v) is 18.7. The van der Waals surface area contributed by atoms with E-state index in [1.807, 2.05) is 28.0 Å². The summed E-state index contributed by atoms with van der Waals surface area (Å²) < 4.78 is 10.6. The Morgan fingerprint density at radius 3 is 2.67 bits per heavy atom. The van der Waals surface area contributed by atoms with Crippen LogP contribution in [0.15, 0.2) is 18.2 Å². The molecule has 2 heterocycles. The first-order valence-electron chi connectivity index (χ1n) is 11.3. The average molecular weight is 417 g/mol. The first-order valence-corrected chi connectivity index (χ1v) is 11.3. The van der Waals surface area contributed by atoms with Gasteiger partial charge >= 0.3 is 0 Å². The van der Waals surface area contributed by atoms with Gasteiger partial charge in [0, 0.05) is 32.6 Å². The van der Waals surface area contributed by atoms with Crippen LogP contribution in [0, 0.1) is 11.8 Å². The monoisotopic (exact) mass is 416 g/mol. The van der Waals surface area contributed by atoms with Crippen molar-refractivity contribution in [2.45, 2.75) is 51.9 Å². The van der Waals surface area contributed by atoms with Crippen molar-refractivity contribution in [2.24, 2.45) is 11.8 Å². The van der Waals surface area contributed by atoms with E-state index in [0.29, 0.717) is 31.0 Å². The second kappa shape index (κ2) is 10.7. The summed E-state index contributed by atoms with van der Waals surface area (Å²) in [5, 5.41) is 0. The number of carbonyl (C=O) groups excluding carboxylic acids is 2. The molecule has 2 saturated heterocycles. The molecular weight excluding hydrogens is 380 g/mol. The van der Waals surface area contributed by atoms with Gasteiger partial charge in [-0.3, -0.25) is 9.59 Å². The second-order valence-electron chi connectivity index (χ2n) is 8.59. The molecule has 2 atom stereocenters. The molecule has 6 nitrogen and oxygen atoms in total. The fourth-order valence-corrected chi connectivity index (χ4v) is 4.79. The third-order valence-corrected chi connectivity index (χ3v) is 6.54. The van der Waals surface area contributed by atoms with E-state index in [1.165, 1.54) is 19.3 Å². The number of benzene rings is 1. The van der Waals surface area contributed by atoms with Crippen LogP contribution in [-0.4, -0.2) is 62.0 Å². The highest BCUT2D eigenvalue weighted by atomic mass is 16.5. The first-order chi connectivity index (χ1) is 14.5. The molecule has 0 spiro atoms.